The van der Waals surface area contributed by atoms with Crippen LogP contribution >= 0.6 is 11.6 Å². The lowest BCUT2D eigenvalue weighted by molar-refractivity contribution is 0.0357. The van der Waals surface area contributed by atoms with Crippen molar-refractivity contribution < 1.29 is 32.9 Å². The van der Waals surface area contributed by atoms with Crippen molar-refractivity contribution in [2.24, 2.45) is 0 Å². The highest BCUT2D eigenvalue weighted by atomic mass is 35.5. The van der Waals surface area contributed by atoms with Crippen LogP contribution in [0.4, 0.5) is 14.9 Å². The fourth-order valence-corrected chi connectivity index (χ4v) is 5.46. The molecule has 0 spiro atoms. The lowest BCUT2D eigenvalue weighted by Crippen LogP contribution is -2.37. The molecule has 0 aliphatic carbocycles. The second-order valence-electron chi connectivity index (χ2n) is 10.7. The van der Waals surface area contributed by atoms with E-state index in [9.17, 15) is 9.18 Å². The first kappa shape index (κ1) is 30.7. The number of nitrogens with zero attached hydrogens (tertiary/aromatic N) is 2. The van der Waals surface area contributed by atoms with Crippen molar-refractivity contribution in [1.29, 1.82) is 0 Å². The summed E-state index contributed by atoms with van der Waals surface area (Å²) < 4.78 is 43.2. The number of anilines is 1. The molecule has 10 nitrogen and oxygen atoms in total. The molecule has 6 rings (SSSR count). The van der Waals surface area contributed by atoms with Crippen LogP contribution in [0.25, 0.3) is 10.9 Å². The van der Waals surface area contributed by atoms with Crippen molar-refractivity contribution in [3.63, 3.8) is 0 Å². The van der Waals surface area contributed by atoms with Gasteiger partial charge in [0.25, 0.3) is 0 Å². The number of ether oxygens (including phenoxy) is 5. The van der Waals surface area contributed by atoms with Gasteiger partial charge >= 0.3 is 6.03 Å². The van der Waals surface area contributed by atoms with E-state index in [0.717, 1.165) is 44.8 Å². The molecule has 1 aromatic heterocycles. The van der Waals surface area contributed by atoms with E-state index >= 15 is 0 Å². The summed E-state index contributed by atoms with van der Waals surface area (Å²) in [5.74, 6) is 2.23. The zero-order valence-electron chi connectivity index (χ0n) is 24.8. The van der Waals surface area contributed by atoms with E-state index in [2.05, 4.69) is 20.5 Å². The van der Waals surface area contributed by atoms with Crippen molar-refractivity contribution in [1.82, 2.24) is 15.2 Å². The van der Waals surface area contributed by atoms with Crippen molar-refractivity contribution in [2.45, 2.75) is 19.4 Å². The summed E-state index contributed by atoms with van der Waals surface area (Å²) in [6.07, 6.45) is 2.52. The number of urea groups is 1. The highest BCUT2D eigenvalue weighted by Gasteiger charge is 2.25. The molecule has 236 valence electrons. The molecule has 3 heterocycles. The predicted octanol–water partition coefficient (Wildman–Crippen LogP) is 6.57. The summed E-state index contributed by atoms with van der Waals surface area (Å²) in [7, 11) is 0. The molecule has 0 saturated carbocycles. The molecule has 1 atom stereocenters. The number of pyridine rings is 1. The Morgan fingerprint density at radius 3 is 2.58 bits per heavy atom. The number of fused-ring (bicyclic) bond motifs is 3. The number of hydrogen-bond acceptors (Lipinski definition) is 8. The second kappa shape index (κ2) is 14.2. The van der Waals surface area contributed by atoms with Crippen LogP contribution in [0.2, 0.25) is 5.02 Å². The Hall–Kier alpha value is -4.32. The van der Waals surface area contributed by atoms with Crippen LogP contribution in [-0.2, 0) is 4.74 Å². The molecule has 0 unspecified atom stereocenters. The third kappa shape index (κ3) is 7.50. The number of amides is 2. The third-order valence-corrected chi connectivity index (χ3v) is 7.87. The van der Waals surface area contributed by atoms with Crippen LogP contribution in [0.15, 0.2) is 60.8 Å². The van der Waals surface area contributed by atoms with Crippen LogP contribution < -0.4 is 29.6 Å². The molecular formula is C33H34ClFN4O6. The summed E-state index contributed by atoms with van der Waals surface area (Å²) in [6, 6.07) is 13.7. The number of halogens is 2. The van der Waals surface area contributed by atoms with Crippen LogP contribution in [-0.4, -0.2) is 68.6 Å². The Bertz CT molecular complexity index is 1650. The number of morpholine rings is 1. The predicted molar refractivity (Wildman–Crippen MR) is 169 cm³/mol. The van der Waals surface area contributed by atoms with Crippen LogP contribution in [0.5, 0.6) is 28.7 Å². The Kier molecular flexibility index (Phi) is 9.68. The number of rotatable bonds is 10. The van der Waals surface area contributed by atoms with Crippen molar-refractivity contribution >= 4 is 34.2 Å². The molecule has 1 fully saturated rings. The fourth-order valence-electron chi connectivity index (χ4n) is 5.24. The van der Waals surface area contributed by atoms with E-state index in [1.807, 2.05) is 6.07 Å². The van der Waals surface area contributed by atoms with Gasteiger partial charge in [-0.25, -0.2) is 9.18 Å². The molecular weight excluding hydrogens is 603 g/mol. The Balaban J connectivity index is 1.14. The van der Waals surface area contributed by atoms with Gasteiger partial charge in [-0.15, -0.1) is 0 Å². The lowest BCUT2D eigenvalue weighted by Gasteiger charge is -2.26. The van der Waals surface area contributed by atoms with Crippen molar-refractivity contribution in [3.8, 4) is 28.7 Å². The van der Waals surface area contributed by atoms with Gasteiger partial charge in [0, 0.05) is 38.0 Å². The Morgan fingerprint density at radius 2 is 1.80 bits per heavy atom. The summed E-state index contributed by atoms with van der Waals surface area (Å²) in [6.45, 7) is 7.46. The van der Waals surface area contributed by atoms with E-state index in [1.165, 1.54) is 12.1 Å². The van der Waals surface area contributed by atoms with E-state index in [4.69, 9.17) is 35.3 Å². The van der Waals surface area contributed by atoms with E-state index in [-0.39, 0.29) is 16.9 Å². The highest BCUT2D eigenvalue weighted by Crippen LogP contribution is 2.48. The monoisotopic (exact) mass is 636 g/mol. The van der Waals surface area contributed by atoms with Crippen LogP contribution in [0.3, 0.4) is 0 Å². The normalized spacial score (nSPS) is 15.4. The van der Waals surface area contributed by atoms with E-state index < -0.39 is 6.03 Å². The first-order chi connectivity index (χ1) is 21.9. The maximum absolute atomic E-state index is 13.2. The molecule has 3 aromatic carbocycles. The molecule has 4 aromatic rings. The molecule has 45 heavy (non-hydrogen) atoms. The number of benzene rings is 3. The zero-order chi connectivity index (χ0) is 31.2. The molecule has 2 N–H and O–H groups in total. The third-order valence-electron chi connectivity index (χ3n) is 7.56. The Labute approximate surface area is 265 Å². The minimum atomic E-state index is -0.453. The standard InChI is InChI=1S/C33H34ClFN4O6/c1-21(22-3-5-23(35)6-4-22)37-33(40)38-26-8-7-24(19-25(26)34)45-28-9-10-36-27-20-29(31-32(30(27)28)44-18-17-43-31)42-14-2-11-39-12-15-41-16-13-39/h3-10,19-21H,2,11-18H2,1H3,(H2,37,38,40)/t21-/m0/s1. The van der Waals surface area contributed by atoms with Gasteiger partial charge in [-0.05, 0) is 49.2 Å². The van der Waals surface area contributed by atoms with Gasteiger partial charge in [0.15, 0.2) is 11.5 Å². The van der Waals surface area contributed by atoms with Gasteiger partial charge in [0.05, 0.1) is 47.5 Å². The van der Waals surface area contributed by atoms with Gasteiger partial charge in [-0.1, -0.05) is 23.7 Å². The number of carbonyl (C=O) groups is 1. The van der Waals surface area contributed by atoms with Gasteiger partial charge < -0.3 is 34.3 Å². The molecule has 12 heteroatoms. The molecule has 2 aliphatic rings. The topological polar surface area (TPSA) is 103 Å². The van der Waals surface area contributed by atoms with Gasteiger partial charge in [0.2, 0.25) is 5.75 Å². The SMILES string of the molecule is C[C@H](NC(=O)Nc1ccc(Oc2ccnc3cc(OCCCN4CCOCC4)c4c(c23)OCCO4)cc1Cl)c1ccc(F)cc1. The van der Waals surface area contributed by atoms with Crippen molar-refractivity contribution in [2.75, 3.05) is 58.0 Å². The van der Waals surface area contributed by atoms with E-state index in [1.54, 1.807) is 49.5 Å². The summed E-state index contributed by atoms with van der Waals surface area (Å²) >= 11 is 6.53. The maximum Gasteiger partial charge on any atom is 0.319 e. The van der Waals surface area contributed by atoms with Crippen LogP contribution in [0.1, 0.15) is 24.9 Å². The molecule has 0 bridgehead atoms. The average Bonchev–Trinajstić information content (AvgIpc) is 3.05. The molecule has 1 saturated heterocycles. The average molecular weight is 637 g/mol. The summed E-state index contributed by atoms with van der Waals surface area (Å²) in [5.41, 5.74) is 1.80. The molecule has 0 radical (unpaired) electrons. The van der Waals surface area contributed by atoms with Crippen LogP contribution in [0, 0.1) is 5.82 Å². The molecule has 2 amide bonds. The minimum Gasteiger partial charge on any atom is -0.489 e. The maximum atomic E-state index is 13.2. The van der Waals surface area contributed by atoms with E-state index in [0.29, 0.717) is 65.2 Å². The highest BCUT2D eigenvalue weighted by molar-refractivity contribution is 6.33. The first-order valence-electron chi connectivity index (χ1n) is 14.9. The fraction of sp³-hybridized carbons (Fsp3) is 0.333. The van der Waals surface area contributed by atoms with Crippen molar-refractivity contribution in [3.05, 3.63) is 77.2 Å². The summed E-state index contributed by atoms with van der Waals surface area (Å²) in [5, 5.41) is 6.50. The zero-order valence-corrected chi connectivity index (χ0v) is 25.6. The number of nitrogens with one attached hydrogen (secondary N) is 2. The first-order valence-corrected chi connectivity index (χ1v) is 15.3. The smallest absolute Gasteiger partial charge is 0.319 e. The Morgan fingerprint density at radius 1 is 1.02 bits per heavy atom. The minimum absolute atomic E-state index is 0.282. The number of hydrogen-bond donors (Lipinski definition) is 2. The largest absolute Gasteiger partial charge is 0.489 e. The number of carbonyl (C=O) groups excluding carboxylic acids is 1. The van der Waals surface area contributed by atoms with Gasteiger partial charge in [-0.3, -0.25) is 9.88 Å². The number of aromatic nitrogens is 1. The van der Waals surface area contributed by atoms with Gasteiger partial charge in [0.1, 0.15) is 30.5 Å². The second-order valence-corrected chi connectivity index (χ2v) is 11.1. The van der Waals surface area contributed by atoms with Gasteiger partial charge in [-0.2, -0.15) is 0 Å². The molecule has 2 aliphatic heterocycles. The quantitative estimate of drug-likeness (QED) is 0.188. The summed E-state index contributed by atoms with van der Waals surface area (Å²) in [4.78, 5) is 19.5. The lowest BCUT2D eigenvalue weighted by atomic mass is 10.1.